The highest BCUT2D eigenvalue weighted by atomic mass is 16.2. The van der Waals surface area contributed by atoms with Crippen molar-refractivity contribution in [3.05, 3.63) is 29.8 Å². The average Bonchev–Trinajstić information content (AvgIpc) is 3.01. The summed E-state index contributed by atoms with van der Waals surface area (Å²) in [4.78, 5) is 54.9. The van der Waals surface area contributed by atoms with Crippen LogP contribution in [0, 0.1) is 5.92 Å². The van der Waals surface area contributed by atoms with Crippen molar-refractivity contribution in [2.75, 3.05) is 37.6 Å². The zero-order chi connectivity index (χ0) is 22.2. The Morgan fingerprint density at radius 3 is 2.35 bits per heavy atom. The standard InChI is InChI=1S/C23H30N4O4/c1-16-5-3-4-10-23(16)21(30)27(22(31)24-23)15-20(29)26-13-11-25(12-14-26)19-8-6-18(7-9-19)17(2)28/h6-9,16H,3-5,10-15H2,1-2H3,(H,24,31)/t16-,23-/m0/s1. The first-order valence-corrected chi connectivity index (χ1v) is 11.1. The SMILES string of the molecule is CC(=O)c1ccc(N2CCN(C(=O)CN3C(=O)N[C@]4(CCCC[C@@H]4C)C3=O)CC2)cc1. The maximum Gasteiger partial charge on any atom is 0.325 e. The number of piperazine rings is 1. The molecule has 2 heterocycles. The monoisotopic (exact) mass is 426 g/mol. The average molecular weight is 427 g/mol. The lowest BCUT2D eigenvalue weighted by Crippen LogP contribution is -2.55. The summed E-state index contributed by atoms with van der Waals surface area (Å²) in [6.45, 7) is 5.72. The number of carbonyl (C=O) groups is 4. The first-order chi connectivity index (χ1) is 14.8. The molecule has 3 fully saturated rings. The molecule has 1 N–H and O–H groups in total. The van der Waals surface area contributed by atoms with Gasteiger partial charge >= 0.3 is 6.03 Å². The van der Waals surface area contributed by atoms with E-state index in [1.807, 2.05) is 31.2 Å². The van der Waals surface area contributed by atoms with Gasteiger partial charge in [0.15, 0.2) is 5.78 Å². The minimum atomic E-state index is -0.833. The molecule has 166 valence electrons. The molecule has 0 radical (unpaired) electrons. The highest BCUT2D eigenvalue weighted by Gasteiger charge is 2.55. The zero-order valence-electron chi connectivity index (χ0n) is 18.2. The lowest BCUT2D eigenvalue weighted by molar-refractivity contribution is -0.140. The number of rotatable bonds is 4. The third-order valence-electron chi connectivity index (χ3n) is 7.07. The summed E-state index contributed by atoms with van der Waals surface area (Å²) < 4.78 is 0. The number of ketones is 1. The van der Waals surface area contributed by atoms with Crippen LogP contribution in [0.5, 0.6) is 0 Å². The molecule has 0 unspecified atom stereocenters. The third kappa shape index (κ3) is 3.91. The van der Waals surface area contributed by atoms with Gasteiger partial charge in [0.25, 0.3) is 5.91 Å². The Kier molecular flexibility index (Phi) is 5.73. The van der Waals surface area contributed by atoms with E-state index in [0.29, 0.717) is 38.2 Å². The number of carbonyl (C=O) groups excluding carboxylic acids is 4. The molecule has 2 aliphatic heterocycles. The summed E-state index contributed by atoms with van der Waals surface area (Å²) in [6.07, 6.45) is 3.52. The van der Waals surface area contributed by atoms with Crippen LogP contribution in [0.15, 0.2) is 24.3 Å². The van der Waals surface area contributed by atoms with Gasteiger partial charge in [0.2, 0.25) is 5.91 Å². The van der Waals surface area contributed by atoms with Crippen LogP contribution in [0.3, 0.4) is 0 Å². The number of nitrogens with zero attached hydrogens (tertiary/aromatic N) is 3. The quantitative estimate of drug-likeness (QED) is 0.588. The van der Waals surface area contributed by atoms with Gasteiger partial charge in [-0.25, -0.2) is 4.79 Å². The van der Waals surface area contributed by atoms with E-state index in [4.69, 9.17) is 0 Å². The summed E-state index contributed by atoms with van der Waals surface area (Å²) >= 11 is 0. The highest BCUT2D eigenvalue weighted by molar-refractivity contribution is 6.09. The Hall–Kier alpha value is -2.90. The minimum Gasteiger partial charge on any atom is -0.368 e. The first-order valence-electron chi connectivity index (χ1n) is 11.1. The molecule has 2 atom stereocenters. The number of nitrogens with one attached hydrogen (secondary N) is 1. The second-order valence-electron chi connectivity index (χ2n) is 8.91. The molecule has 1 aromatic carbocycles. The molecule has 0 bridgehead atoms. The van der Waals surface area contributed by atoms with Gasteiger partial charge in [-0.3, -0.25) is 19.3 Å². The smallest absolute Gasteiger partial charge is 0.325 e. The topological polar surface area (TPSA) is 90.0 Å². The Morgan fingerprint density at radius 2 is 1.74 bits per heavy atom. The minimum absolute atomic E-state index is 0.0341. The second-order valence-corrected chi connectivity index (χ2v) is 8.91. The lowest BCUT2D eigenvalue weighted by atomic mass is 9.73. The first kappa shape index (κ1) is 21.3. The van der Waals surface area contributed by atoms with Crippen molar-refractivity contribution < 1.29 is 19.2 Å². The number of amides is 4. The summed E-state index contributed by atoms with van der Waals surface area (Å²) in [5, 5.41) is 2.90. The largest absolute Gasteiger partial charge is 0.368 e. The van der Waals surface area contributed by atoms with Crippen molar-refractivity contribution in [2.24, 2.45) is 5.92 Å². The number of urea groups is 1. The predicted molar refractivity (Wildman–Crippen MR) is 116 cm³/mol. The summed E-state index contributed by atoms with van der Waals surface area (Å²) in [5.74, 6) is -0.333. The normalized spacial score (nSPS) is 26.4. The number of benzene rings is 1. The fraction of sp³-hybridized carbons (Fsp3) is 0.565. The molecule has 0 aromatic heterocycles. The van der Waals surface area contributed by atoms with Crippen LogP contribution < -0.4 is 10.2 Å². The van der Waals surface area contributed by atoms with E-state index in [1.165, 1.54) is 0 Å². The second kappa shape index (κ2) is 8.32. The van der Waals surface area contributed by atoms with E-state index in [9.17, 15) is 19.2 Å². The molecule has 31 heavy (non-hydrogen) atoms. The van der Waals surface area contributed by atoms with Crippen molar-refractivity contribution in [3.63, 3.8) is 0 Å². The van der Waals surface area contributed by atoms with Gasteiger partial charge in [-0.2, -0.15) is 0 Å². The van der Waals surface area contributed by atoms with Crippen LogP contribution in [-0.2, 0) is 9.59 Å². The van der Waals surface area contributed by atoms with Crippen molar-refractivity contribution in [2.45, 2.75) is 45.1 Å². The number of hydrogen-bond acceptors (Lipinski definition) is 5. The maximum absolute atomic E-state index is 13.1. The van der Waals surface area contributed by atoms with Gasteiger partial charge < -0.3 is 15.1 Å². The molecule has 1 saturated carbocycles. The van der Waals surface area contributed by atoms with Gasteiger partial charge in [-0.15, -0.1) is 0 Å². The van der Waals surface area contributed by atoms with E-state index in [1.54, 1.807) is 11.8 Å². The Balaban J connectivity index is 1.34. The van der Waals surface area contributed by atoms with Gasteiger partial charge in [0.1, 0.15) is 12.1 Å². The van der Waals surface area contributed by atoms with E-state index in [0.717, 1.165) is 29.8 Å². The van der Waals surface area contributed by atoms with Crippen LogP contribution in [0.2, 0.25) is 0 Å². The molecular formula is C23H30N4O4. The predicted octanol–water partition coefficient (Wildman–Crippen LogP) is 2.04. The fourth-order valence-corrected chi connectivity index (χ4v) is 5.00. The van der Waals surface area contributed by atoms with Crippen molar-refractivity contribution in [1.29, 1.82) is 0 Å². The Labute approximate surface area is 182 Å². The van der Waals surface area contributed by atoms with E-state index in [-0.39, 0.29) is 30.1 Å². The highest BCUT2D eigenvalue weighted by Crippen LogP contribution is 2.38. The molecular weight excluding hydrogens is 396 g/mol. The maximum atomic E-state index is 13.1. The van der Waals surface area contributed by atoms with Crippen LogP contribution in [0.4, 0.5) is 10.5 Å². The van der Waals surface area contributed by atoms with Crippen LogP contribution in [0.25, 0.3) is 0 Å². The molecule has 1 aliphatic carbocycles. The van der Waals surface area contributed by atoms with Crippen molar-refractivity contribution in [1.82, 2.24) is 15.1 Å². The van der Waals surface area contributed by atoms with Crippen LogP contribution >= 0.6 is 0 Å². The fourth-order valence-electron chi connectivity index (χ4n) is 5.00. The van der Waals surface area contributed by atoms with E-state index < -0.39 is 11.6 Å². The Morgan fingerprint density at radius 1 is 1.06 bits per heavy atom. The summed E-state index contributed by atoms with van der Waals surface area (Å²) in [6, 6.07) is 7.03. The molecule has 1 spiro atoms. The molecule has 1 aromatic rings. The Bertz CT molecular complexity index is 891. The molecule has 8 heteroatoms. The van der Waals surface area contributed by atoms with Gasteiger partial charge in [0, 0.05) is 37.4 Å². The van der Waals surface area contributed by atoms with Gasteiger partial charge in [0.05, 0.1) is 0 Å². The molecule has 3 aliphatic rings. The van der Waals surface area contributed by atoms with E-state index in [2.05, 4.69) is 10.2 Å². The number of imide groups is 1. The van der Waals surface area contributed by atoms with Gasteiger partial charge in [-0.05, 0) is 49.9 Å². The van der Waals surface area contributed by atoms with E-state index >= 15 is 0 Å². The van der Waals surface area contributed by atoms with Crippen molar-refractivity contribution >= 4 is 29.3 Å². The van der Waals surface area contributed by atoms with Gasteiger partial charge in [-0.1, -0.05) is 19.8 Å². The van der Waals surface area contributed by atoms with Crippen LogP contribution in [-0.4, -0.2) is 71.7 Å². The zero-order valence-corrected chi connectivity index (χ0v) is 18.2. The number of hydrogen-bond donors (Lipinski definition) is 1. The summed E-state index contributed by atoms with van der Waals surface area (Å²) in [5.41, 5.74) is 0.857. The third-order valence-corrected chi connectivity index (χ3v) is 7.07. The number of Topliss-reactive ketones (excluding diaryl/α,β-unsaturated/α-hetero) is 1. The summed E-state index contributed by atoms with van der Waals surface area (Å²) in [7, 11) is 0. The van der Waals surface area contributed by atoms with Crippen molar-refractivity contribution in [3.8, 4) is 0 Å². The molecule has 8 nitrogen and oxygen atoms in total. The number of anilines is 1. The lowest BCUT2D eigenvalue weighted by Gasteiger charge is -2.37. The molecule has 4 rings (SSSR count). The molecule has 4 amide bonds. The molecule has 2 saturated heterocycles. The van der Waals surface area contributed by atoms with Crippen LogP contribution in [0.1, 0.15) is 49.9 Å².